The molecule has 0 aromatic rings. The Bertz CT molecular complexity index is 97.2. The lowest BCUT2D eigenvalue weighted by Crippen LogP contribution is -2.03. The smallest absolute Gasteiger partial charge is 0.305 e. The molecule has 0 saturated heterocycles. The minimum absolute atomic E-state index is 0.231. The van der Waals surface area contributed by atoms with Gasteiger partial charge in [-0.3, -0.25) is 10.1 Å². The van der Waals surface area contributed by atoms with E-state index in [-0.39, 0.29) is 5.92 Å². The molecule has 0 aromatic carbocycles. The Kier molecular flexibility index (Phi) is 12.1. The van der Waals surface area contributed by atoms with Crippen molar-refractivity contribution in [1.29, 1.82) is 0 Å². The third-order valence-corrected chi connectivity index (χ3v) is 1.08. The number of aliphatic carboxylic acids is 1. The van der Waals surface area contributed by atoms with Crippen LogP contribution >= 0.6 is 0 Å². The lowest BCUT2D eigenvalue weighted by atomic mass is 10.2. The Morgan fingerprint density at radius 2 is 1.92 bits per heavy atom. The molecule has 0 aliphatic carbocycles. The van der Waals surface area contributed by atoms with Gasteiger partial charge in [-0.1, -0.05) is 27.2 Å². The molecule has 0 aromatic heterocycles. The zero-order valence-corrected chi connectivity index (χ0v) is 7.91. The van der Waals surface area contributed by atoms with E-state index in [1.807, 2.05) is 6.92 Å². The average Bonchev–Trinajstić information content (AvgIpc) is 2.02. The highest BCUT2D eigenvalue weighted by Gasteiger charge is 1.99. The van der Waals surface area contributed by atoms with E-state index in [0.717, 1.165) is 12.8 Å². The number of unbranched alkanes of at least 4 members (excludes halogenated alkanes) is 1. The summed E-state index contributed by atoms with van der Waals surface area (Å²) in [5, 5.41) is 15.7. The molecule has 0 fully saturated rings. The molecule has 0 aliphatic heterocycles. The lowest BCUT2D eigenvalue weighted by Gasteiger charge is -1.89. The molecule has 0 amide bonds. The van der Waals surface area contributed by atoms with Crippen molar-refractivity contribution < 1.29 is 20.0 Å². The van der Waals surface area contributed by atoms with Gasteiger partial charge in [-0.15, -0.1) is 0 Å². The summed E-state index contributed by atoms with van der Waals surface area (Å²) in [4.78, 5) is 13.5. The van der Waals surface area contributed by atoms with Gasteiger partial charge in [-0.2, -0.15) is 0 Å². The van der Waals surface area contributed by atoms with Gasteiger partial charge in [0, 0.05) is 0 Å². The highest BCUT2D eigenvalue weighted by molar-refractivity contribution is 5.68. The predicted molar refractivity (Wildman–Crippen MR) is 46.0 cm³/mol. The van der Waals surface area contributed by atoms with E-state index in [4.69, 9.17) is 10.4 Å². The van der Waals surface area contributed by atoms with Crippen LogP contribution in [0.2, 0.25) is 0 Å². The molecule has 0 saturated carbocycles. The first kappa shape index (κ1) is 13.9. The largest absolute Gasteiger partial charge is 0.481 e. The van der Waals surface area contributed by atoms with E-state index >= 15 is 0 Å². The van der Waals surface area contributed by atoms with Gasteiger partial charge < -0.3 is 5.11 Å². The van der Waals surface area contributed by atoms with Crippen LogP contribution in [0, 0.1) is 5.92 Å². The number of carbonyl (C=O) groups is 1. The number of rotatable bonds is 4. The monoisotopic (exact) mass is 178 g/mol. The van der Waals surface area contributed by atoms with Gasteiger partial charge in [0.1, 0.15) is 0 Å². The third kappa shape index (κ3) is 16.2. The SMILES string of the molecule is CC(C)C(=O)O.CCCCOO. The number of carboxylic acids is 1. The lowest BCUT2D eigenvalue weighted by molar-refractivity contribution is -0.242. The summed E-state index contributed by atoms with van der Waals surface area (Å²) in [5.41, 5.74) is 0. The maximum atomic E-state index is 9.70. The Balaban J connectivity index is 0. The van der Waals surface area contributed by atoms with Crippen LogP contribution in [-0.4, -0.2) is 22.9 Å². The van der Waals surface area contributed by atoms with Gasteiger partial charge in [-0.25, -0.2) is 4.89 Å². The quantitative estimate of drug-likeness (QED) is 0.392. The first-order valence-electron chi connectivity index (χ1n) is 4.05. The van der Waals surface area contributed by atoms with Crippen molar-refractivity contribution in [2.24, 2.45) is 5.92 Å². The summed E-state index contributed by atoms with van der Waals surface area (Å²) in [6, 6.07) is 0. The summed E-state index contributed by atoms with van der Waals surface area (Å²) in [7, 11) is 0. The van der Waals surface area contributed by atoms with Crippen LogP contribution in [-0.2, 0) is 9.68 Å². The Labute approximate surface area is 73.1 Å². The van der Waals surface area contributed by atoms with Gasteiger partial charge in [0.2, 0.25) is 0 Å². The van der Waals surface area contributed by atoms with Crippen LogP contribution in [0.1, 0.15) is 33.6 Å². The summed E-state index contributed by atoms with van der Waals surface area (Å²) < 4.78 is 0. The normalized spacial score (nSPS) is 9.08. The standard InChI is InChI=1S/C4H8O2.C4H10O2/c1-3(2)4(5)6;1-2-3-4-6-5/h3H,1-2H3,(H,5,6);5H,2-4H2,1H3. The fraction of sp³-hybridized carbons (Fsp3) is 0.875. The summed E-state index contributed by atoms with van der Waals surface area (Å²) in [6.07, 6.45) is 2.01. The van der Waals surface area contributed by atoms with E-state index < -0.39 is 5.97 Å². The molecule has 0 spiro atoms. The molecule has 0 heterocycles. The zero-order valence-electron chi connectivity index (χ0n) is 7.91. The molecule has 4 heteroatoms. The molecular weight excluding hydrogens is 160 g/mol. The predicted octanol–water partition coefficient (Wildman–Crippen LogP) is 2.00. The van der Waals surface area contributed by atoms with Crippen molar-refractivity contribution in [2.45, 2.75) is 33.6 Å². The van der Waals surface area contributed by atoms with Crippen LogP contribution < -0.4 is 0 Å². The van der Waals surface area contributed by atoms with Crippen LogP contribution in [0.15, 0.2) is 0 Å². The Morgan fingerprint density at radius 1 is 1.50 bits per heavy atom. The summed E-state index contributed by atoms with van der Waals surface area (Å²) in [6.45, 7) is 5.79. The van der Waals surface area contributed by atoms with E-state index in [9.17, 15) is 4.79 Å². The number of hydrogen-bond donors (Lipinski definition) is 2. The van der Waals surface area contributed by atoms with Gasteiger partial charge in [0.05, 0.1) is 12.5 Å². The molecule has 12 heavy (non-hydrogen) atoms. The molecular formula is C8H18O4. The van der Waals surface area contributed by atoms with Crippen molar-refractivity contribution >= 4 is 5.97 Å². The summed E-state index contributed by atoms with van der Waals surface area (Å²) in [5.74, 6) is -0.972. The third-order valence-electron chi connectivity index (χ3n) is 1.08. The van der Waals surface area contributed by atoms with E-state index in [0.29, 0.717) is 6.61 Å². The van der Waals surface area contributed by atoms with E-state index in [2.05, 4.69) is 4.89 Å². The molecule has 0 aliphatic rings. The Hall–Kier alpha value is -0.610. The molecule has 74 valence electrons. The van der Waals surface area contributed by atoms with Crippen LogP contribution in [0.4, 0.5) is 0 Å². The van der Waals surface area contributed by atoms with Gasteiger partial charge >= 0.3 is 5.97 Å². The minimum Gasteiger partial charge on any atom is -0.481 e. The highest BCUT2D eigenvalue weighted by Crippen LogP contribution is 1.87. The van der Waals surface area contributed by atoms with Gasteiger partial charge in [0.25, 0.3) is 0 Å². The van der Waals surface area contributed by atoms with Crippen molar-refractivity contribution in [3.63, 3.8) is 0 Å². The molecule has 0 unspecified atom stereocenters. The van der Waals surface area contributed by atoms with Crippen molar-refractivity contribution in [2.75, 3.05) is 6.61 Å². The number of carboxylic acid groups (broad SMARTS) is 1. The molecule has 0 radical (unpaired) electrons. The topological polar surface area (TPSA) is 66.8 Å². The van der Waals surface area contributed by atoms with E-state index in [1.54, 1.807) is 13.8 Å². The molecule has 0 bridgehead atoms. The van der Waals surface area contributed by atoms with Crippen molar-refractivity contribution in [3.05, 3.63) is 0 Å². The zero-order chi connectivity index (χ0) is 9.98. The second kappa shape index (κ2) is 10.4. The van der Waals surface area contributed by atoms with Crippen molar-refractivity contribution in [1.82, 2.24) is 0 Å². The first-order valence-corrected chi connectivity index (χ1v) is 4.05. The second-order valence-corrected chi connectivity index (χ2v) is 2.68. The first-order chi connectivity index (χ1) is 5.56. The van der Waals surface area contributed by atoms with Crippen LogP contribution in [0.25, 0.3) is 0 Å². The Morgan fingerprint density at radius 3 is 2.00 bits per heavy atom. The second-order valence-electron chi connectivity index (χ2n) is 2.68. The molecule has 4 nitrogen and oxygen atoms in total. The highest BCUT2D eigenvalue weighted by atomic mass is 17.1. The maximum Gasteiger partial charge on any atom is 0.305 e. The molecule has 0 rings (SSSR count). The molecule has 2 N–H and O–H groups in total. The summed E-state index contributed by atoms with van der Waals surface area (Å²) >= 11 is 0. The van der Waals surface area contributed by atoms with Crippen LogP contribution in [0.3, 0.4) is 0 Å². The fourth-order valence-corrected chi connectivity index (χ4v) is 0.209. The average molecular weight is 178 g/mol. The maximum absolute atomic E-state index is 9.70. The van der Waals surface area contributed by atoms with Gasteiger partial charge in [-0.05, 0) is 6.42 Å². The van der Waals surface area contributed by atoms with E-state index in [1.165, 1.54) is 0 Å². The van der Waals surface area contributed by atoms with Gasteiger partial charge in [0.15, 0.2) is 0 Å². The van der Waals surface area contributed by atoms with Crippen LogP contribution in [0.5, 0.6) is 0 Å². The minimum atomic E-state index is -0.741. The fourth-order valence-electron chi connectivity index (χ4n) is 0.209. The number of hydrogen-bond acceptors (Lipinski definition) is 3. The van der Waals surface area contributed by atoms with Crippen molar-refractivity contribution in [3.8, 4) is 0 Å². The molecule has 0 atom stereocenters.